The molecule has 2 aliphatic rings. The number of hydrogen-bond acceptors (Lipinski definition) is 5. The molecular formula is C16H21N5O3. The highest BCUT2D eigenvalue weighted by Crippen LogP contribution is 2.30. The summed E-state index contributed by atoms with van der Waals surface area (Å²) >= 11 is 0. The number of aliphatic imine (C=N–C) groups is 1. The molecule has 0 radical (unpaired) electrons. The van der Waals surface area contributed by atoms with Crippen LogP contribution < -0.4 is 10.9 Å². The highest BCUT2D eigenvalue weighted by molar-refractivity contribution is 6.07. The molecule has 2 amide bonds. The zero-order chi connectivity index (χ0) is 17.5. The molecule has 1 saturated heterocycles. The smallest absolute Gasteiger partial charge is 0.263 e. The SMILES string of the molecule is CN(C)C1=NC2(CCN(C(=O)c3cccn(C)c3=O)CC2)C(=O)N1. The summed E-state index contributed by atoms with van der Waals surface area (Å²) in [6.45, 7) is 0.795. The topological polar surface area (TPSA) is 87.0 Å². The van der Waals surface area contributed by atoms with Crippen molar-refractivity contribution in [3.63, 3.8) is 0 Å². The molecule has 1 N–H and O–H groups in total. The Kier molecular flexibility index (Phi) is 3.90. The quantitative estimate of drug-likeness (QED) is 0.745. The first-order valence-electron chi connectivity index (χ1n) is 7.88. The Morgan fingerprint density at radius 2 is 1.96 bits per heavy atom. The number of hydrogen-bond donors (Lipinski definition) is 1. The lowest BCUT2D eigenvalue weighted by molar-refractivity contribution is -0.125. The van der Waals surface area contributed by atoms with E-state index in [1.54, 1.807) is 35.2 Å². The minimum absolute atomic E-state index is 0.117. The molecule has 24 heavy (non-hydrogen) atoms. The summed E-state index contributed by atoms with van der Waals surface area (Å²) in [5, 5.41) is 2.79. The standard InChI is InChI=1S/C16H21N5O3/c1-19(2)15-17-14(24)16(18-15)6-9-21(10-7-16)13(23)11-5-4-8-20(3)12(11)22/h4-5,8H,6-7,9-10H2,1-3H3,(H,17,18,24). The number of nitrogens with zero attached hydrogens (tertiary/aromatic N) is 4. The molecular weight excluding hydrogens is 310 g/mol. The number of likely N-dealkylation sites (tertiary alicyclic amines) is 1. The fourth-order valence-electron chi connectivity index (χ4n) is 3.06. The van der Waals surface area contributed by atoms with Crippen molar-refractivity contribution >= 4 is 17.8 Å². The number of carbonyl (C=O) groups is 2. The van der Waals surface area contributed by atoms with Gasteiger partial charge in [-0.1, -0.05) is 0 Å². The van der Waals surface area contributed by atoms with Gasteiger partial charge in [-0.15, -0.1) is 0 Å². The summed E-state index contributed by atoms with van der Waals surface area (Å²) in [5.41, 5.74) is -0.948. The molecule has 8 heteroatoms. The summed E-state index contributed by atoms with van der Waals surface area (Å²) in [7, 11) is 5.26. The van der Waals surface area contributed by atoms with Crippen LogP contribution in [-0.2, 0) is 11.8 Å². The number of pyridine rings is 1. The van der Waals surface area contributed by atoms with Crippen LogP contribution in [0.5, 0.6) is 0 Å². The lowest BCUT2D eigenvalue weighted by atomic mass is 9.88. The molecule has 0 bridgehead atoms. The van der Waals surface area contributed by atoms with Crippen LogP contribution in [0.2, 0.25) is 0 Å². The predicted octanol–water partition coefficient (Wildman–Crippen LogP) is -0.592. The summed E-state index contributed by atoms with van der Waals surface area (Å²) in [4.78, 5) is 44.9. The average Bonchev–Trinajstić information content (AvgIpc) is 2.87. The molecule has 128 valence electrons. The van der Waals surface area contributed by atoms with E-state index >= 15 is 0 Å². The van der Waals surface area contributed by atoms with Gasteiger partial charge in [0.1, 0.15) is 11.1 Å². The normalized spacial score (nSPS) is 19.2. The fraction of sp³-hybridized carbons (Fsp3) is 0.500. The van der Waals surface area contributed by atoms with E-state index in [-0.39, 0.29) is 22.9 Å². The van der Waals surface area contributed by atoms with Crippen LogP contribution in [0.4, 0.5) is 0 Å². The number of carbonyl (C=O) groups excluding carboxylic acids is 2. The van der Waals surface area contributed by atoms with Crippen molar-refractivity contribution in [1.82, 2.24) is 19.7 Å². The van der Waals surface area contributed by atoms with E-state index in [0.29, 0.717) is 31.9 Å². The Hall–Kier alpha value is -2.64. The fourth-order valence-corrected chi connectivity index (χ4v) is 3.06. The van der Waals surface area contributed by atoms with Crippen molar-refractivity contribution in [2.45, 2.75) is 18.4 Å². The first-order chi connectivity index (χ1) is 11.3. The summed E-state index contributed by atoms with van der Waals surface area (Å²) < 4.78 is 1.39. The van der Waals surface area contributed by atoms with Crippen LogP contribution in [0.1, 0.15) is 23.2 Å². The van der Waals surface area contributed by atoms with E-state index in [0.717, 1.165) is 0 Å². The van der Waals surface area contributed by atoms with Crippen LogP contribution >= 0.6 is 0 Å². The average molecular weight is 331 g/mol. The molecule has 2 aliphatic heterocycles. The highest BCUT2D eigenvalue weighted by atomic mass is 16.2. The lowest BCUT2D eigenvalue weighted by Gasteiger charge is -2.35. The van der Waals surface area contributed by atoms with E-state index in [1.165, 1.54) is 4.57 Å². The van der Waals surface area contributed by atoms with Crippen molar-refractivity contribution in [3.8, 4) is 0 Å². The molecule has 0 aliphatic carbocycles. The number of aromatic nitrogens is 1. The maximum absolute atomic E-state index is 12.6. The van der Waals surface area contributed by atoms with Crippen molar-refractivity contribution < 1.29 is 9.59 Å². The maximum Gasteiger partial charge on any atom is 0.263 e. The van der Waals surface area contributed by atoms with E-state index in [1.807, 2.05) is 14.1 Å². The molecule has 3 rings (SSSR count). The third-order valence-electron chi connectivity index (χ3n) is 4.62. The molecule has 8 nitrogen and oxygen atoms in total. The Morgan fingerprint density at radius 3 is 2.54 bits per heavy atom. The van der Waals surface area contributed by atoms with Gasteiger partial charge in [0.15, 0.2) is 0 Å². The number of aryl methyl sites for hydroxylation is 1. The second-order valence-electron chi connectivity index (χ2n) is 6.45. The molecule has 1 aromatic rings. The second-order valence-corrected chi connectivity index (χ2v) is 6.45. The van der Waals surface area contributed by atoms with Crippen LogP contribution in [0.15, 0.2) is 28.1 Å². The Balaban J connectivity index is 1.76. The van der Waals surface area contributed by atoms with Gasteiger partial charge in [0, 0.05) is 40.4 Å². The molecule has 0 atom stereocenters. The number of piperidine rings is 1. The Morgan fingerprint density at radius 1 is 1.29 bits per heavy atom. The van der Waals surface area contributed by atoms with Crippen molar-refractivity contribution in [2.75, 3.05) is 27.2 Å². The zero-order valence-electron chi connectivity index (χ0n) is 14.1. The van der Waals surface area contributed by atoms with Crippen molar-refractivity contribution in [2.24, 2.45) is 12.0 Å². The minimum atomic E-state index is -0.794. The Labute approximate surface area is 139 Å². The van der Waals surface area contributed by atoms with E-state index in [9.17, 15) is 14.4 Å². The van der Waals surface area contributed by atoms with Crippen LogP contribution in [0, 0.1) is 0 Å². The number of guanidine groups is 1. The molecule has 1 spiro atoms. The van der Waals surface area contributed by atoms with Crippen LogP contribution in [-0.4, -0.2) is 64.9 Å². The largest absolute Gasteiger partial charge is 0.349 e. The van der Waals surface area contributed by atoms with Crippen molar-refractivity contribution in [3.05, 3.63) is 34.2 Å². The first-order valence-corrected chi connectivity index (χ1v) is 7.88. The molecule has 0 unspecified atom stereocenters. The second kappa shape index (κ2) is 5.77. The van der Waals surface area contributed by atoms with Gasteiger partial charge >= 0.3 is 0 Å². The van der Waals surface area contributed by atoms with Crippen LogP contribution in [0.25, 0.3) is 0 Å². The lowest BCUT2D eigenvalue weighted by Crippen LogP contribution is -2.51. The predicted molar refractivity (Wildman–Crippen MR) is 88.8 cm³/mol. The van der Waals surface area contributed by atoms with E-state index < -0.39 is 5.54 Å². The highest BCUT2D eigenvalue weighted by Gasteiger charge is 2.47. The molecule has 0 aromatic carbocycles. The number of amides is 2. The van der Waals surface area contributed by atoms with E-state index in [2.05, 4.69) is 10.3 Å². The number of rotatable bonds is 1. The van der Waals surface area contributed by atoms with Crippen LogP contribution in [0.3, 0.4) is 0 Å². The van der Waals surface area contributed by atoms with E-state index in [4.69, 9.17) is 0 Å². The van der Waals surface area contributed by atoms with Crippen molar-refractivity contribution in [1.29, 1.82) is 0 Å². The monoisotopic (exact) mass is 331 g/mol. The summed E-state index contributed by atoms with van der Waals surface area (Å²) in [5.74, 6) is 0.145. The number of nitrogens with one attached hydrogen (secondary N) is 1. The van der Waals surface area contributed by atoms with Gasteiger partial charge < -0.3 is 14.4 Å². The minimum Gasteiger partial charge on any atom is -0.349 e. The molecule has 1 aromatic heterocycles. The van der Waals surface area contributed by atoms with Gasteiger partial charge in [-0.05, 0) is 25.0 Å². The zero-order valence-corrected chi connectivity index (χ0v) is 14.1. The third-order valence-corrected chi connectivity index (χ3v) is 4.62. The van der Waals surface area contributed by atoms with Gasteiger partial charge in [0.2, 0.25) is 5.96 Å². The summed E-state index contributed by atoms with van der Waals surface area (Å²) in [6, 6.07) is 3.22. The van der Waals surface area contributed by atoms with Gasteiger partial charge in [-0.25, -0.2) is 4.99 Å². The van der Waals surface area contributed by atoms with Gasteiger partial charge in [0.05, 0.1) is 0 Å². The van der Waals surface area contributed by atoms with Gasteiger partial charge in [0.25, 0.3) is 17.4 Å². The molecule has 3 heterocycles. The third kappa shape index (κ3) is 2.57. The van der Waals surface area contributed by atoms with Gasteiger partial charge in [-0.2, -0.15) is 0 Å². The Bertz CT molecular complexity index is 772. The molecule has 1 fully saturated rings. The summed E-state index contributed by atoms with van der Waals surface area (Å²) in [6.07, 6.45) is 2.52. The molecule has 0 saturated carbocycles. The first kappa shape index (κ1) is 16.2. The van der Waals surface area contributed by atoms with Gasteiger partial charge in [-0.3, -0.25) is 19.7 Å². The maximum atomic E-state index is 12.6.